The molecule has 0 aromatic heterocycles. The van der Waals surface area contributed by atoms with Gasteiger partial charge >= 0.3 is 0 Å². The molecule has 1 aliphatic carbocycles. The van der Waals surface area contributed by atoms with Crippen molar-refractivity contribution in [3.63, 3.8) is 0 Å². The Labute approximate surface area is 201 Å². The molecule has 6 heteroatoms. The fourth-order valence-electron chi connectivity index (χ4n) is 4.65. The Morgan fingerprint density at radius 2 is 1.67 bits per heavy atom. The number of carbonyl (C=O) groups is 2. The van der Waals surface area contributed by atoms with Gasteiger partial charge in [0.15, 0.2) is 0 Å². The molecule has 1 saturated heterocycles. The van der Waals surface area contributed by atoms with Crippen molar-refractivity contribution in [2.45, 2.75) is 57.0 Å². The van der Waals surface area contributed by atoms with Crippen LogP contribution in [-0.2, 0) is 16.0 Å². The van der Waals surface area contributed by atoms with E-state index in [1.54, 1.807) is 0 Å². The van der Waals surface area contributed by atoms with E-state index in [0.29, 0.717) is 11.4 Å². The van der Waals surface area contributed by atoms with Gasteiger partial charge in [-0.1, -0.05) is 60.5 Å². The molecule has 1 unspecified atom stereocenters. The van der Waals surface area contributed by atoms with Crippen molar-refractivity contribution in [1.29, 1.82) is 0 Å². The maximum Gasteiger partial charge on any atom is 0.224 e. The number of hydrogen-bond donors (Lipinski definition) is 2. The van der Waals surface area contributed by atoms with Crippen molar-refractivity contribution in [2.24, 2.45) is 5.92 Å². The summed E-state index contributed by atoms with van der Waals surface area (Å²) in [6.45, 7) is 2.84. The van der Waals surface area contributed by atoms with Crippen molar-refractivity contribution in [3.05, 3.63) is 70.7 Å². The smallest absolute Gasteiger partial charge is 0.224 e. The van der Waals surface area contributed by atoms with E-state index in [1.165, 1.54) is 0 Å². The van der Waals surface area contributed by atoms with Crippen LogP contribution < -0.4 is 10.6 Å². The molecule has 0 radical (unpaired) electrons. The molecule has 2 aliphatic rings. The molecule has 5 nitrogen and oxygen atoms in total. The third-order valence-corrected chi connectivity index (χ3v) is 7.21. The van der Waals surface area contributed by atoms with Gasteiger partial charge in [0.05, 0.1) is 12.5 Å². The second-order valence-electron chi connectivity index (χ2n) is 9.38. The molecular weight excluding hydrogens is 434 g/mol. The van der Waals surface area contributed by atoms with Gasteiger partial charge in [-0.05, 0) is 55.4 Å². The Balaban J connectivity index is 1.24. The van der Waals surface area contributed by atoms with Crippen LogP contribution in [0, 0.1) is 5.92 Å². The second kappa shape index (κ2) is 11.7. The quantitative estimate of drug-likeness (QED) is 0.570. The van der Waals surface area contributed by atoms with Crippen LogP contribution in [0.15, 0.2) is 54.6 Å². The number of benzene rings is 2. The zero-order valence-electron chi connectivity index (χ0n) is 19.1. The maximum absolute atomic E-state index is 12.6. The molecule has 2 amide bonds. The van der Waals surface area contributed by atoms with E-state index in [9.17, 15) is 9.59 Å². The topological polar surface area (TPSA) is 61.4 Å². The van der Waals surface area contributed by atoms with E-state index >= 15 is 0 Å². The number of amides is 2. The Morgan fingerprint density at radius 3 is 2.30 bits per heavy atom. The first-order valence-corrected chi connectivity index (χ1v) is 12.6. The highest BCUT2D eigenvalue weighted by Crippen LogP contribution is 2.28. The highest BCUT2D eigenvalue weighted by molar-refractivity contribution is 6.30. The van der Waals surface area contributed by atoms with Gasteiger partial charge in [-0.2, -0.15) is 0 Å². The molecule has 2 fully saturated rings. The van der Waals surface area contributed by atoms with E-state index in [-0.39, 0.29) is 29.8 Å². The number of likely N-dealkylation sites (tertiary alicyclic amines) is 1. The minimum Gasteiger partial charge on any atom is -0.353 e. The fourth-order valence-corrected chi connectivity index (χ4v) is 4.78. The van der Waals surface area contributed by atoms with Crippen molar-refractivity contribution in [2.75, 3.05) is 19.6 Å². The number of hydrogen-bond acceptors (Lipinski definition) is 3. The Hall–Kier alpha value is -2.37. The van der Waals surface area contributed by atoms with Crippen LogP contribution in [0.25, 0.3) is 0 Å². The lowest BCUT2D eigenvalue weighted by molar-refractivity contribution is -0.128. The van der Waals surface area contributed by atoms with Crippen LogP contribution in [0.1, 0.15) is 55.7 Å². The molecule has 2 N–H and O–H groups in total. The summed E-state index contributed by atoms with van der Waals surface area (Å²) < 4.78 is 0. The predicted molar refractivity (Wildman–Crippen MR) is 132 cm³/mol. The largest absolute Gasteiger partial charge is 0.353 e. The number of rotatable bonds is 9. The van der Waals surface area contributed by atoms with Gasteiger partial charge in [-0.15, -0.1) is 0 Å². The maximum atomic E-state index is 12.6. The summed E-state index contributed by atoms with van der Waals surface area (Å²) >= 11 is 6.07. The first-order valence-electron chi connectivity index (χ1n) is 12.2. The van der Waals surface area contributed by atoms with Crippen LogP contribution in [0.4, 0.5) is 0 Å². The number of carbonyl (C=O) groups excluding carboxylic acids is 2. The first kappa shape index (κ1) is 23.8. The lowest BCUT2D eigenvalue weighted by Crippen LogP contribution is -2.46. The number of halogens is 1. The zero-order valence-corrected chi connectivity index (χ0v) is 19.9. The molecule has 2 aromatic carbocycles. The van der Waals surface area contributed by atoms with Crippen LogP contribution in [0.3, 0.4) is 0 Å². The van der Waals surface area contributed by atoms with Crippen molar-refractivity contribution in [1.82, 2.24) is 15.5 Å². The molecule has 1 saturated carbocycles. The summed E-state index contributed by atoms with van der Waals surface area (Å²) in [6.07, 6.45) is 6.38. The highest BCUT2D eigenvalue weighted by atomic mass is 35.5. The van der Waals surface area contributed by atoms with Gasteiger partial charge in [-0.25, -0.2) is 0 Å². The summed E-state index contributed by atoms with van der Waals surface area (Å²) in [7, 11) is 0. The Morgan fingerprint density at radius 1 is 0.970 bits per heavy atom. The molecule has 176 valence electrons. The van der Waals surface area contributed by atoms with E-state index < -0.39 is 0 Å². The van der Waals surface area contributed by atoms with Gasteiger partial charge < -0.3 is 15.5 Å². The van der Waals surface area contributed by atoms with Crippen LogP contribution >= 0.6 is 11.6 Å². The average molecular weight is 468 g/mol. The van der Waals surface area contributed by atoms with E-state index in [1.807, 2.05) is 54.6 Å². The average Bonchev–Trinajstić information content (AvgIpc) is 2.77. The van der Waals surface area contributed by atoms with Gasteiger partial charge in [0, 0.05) is 36.6 Å². The van der Waals surface area contributed by atoms with Crippen molar-refractivity contribution < 1.29 is 9.59 Å². The normalized spacial score (nSPS) is 18.3. The molecule has 0 spiro atoms. The van der Waals surface area contributed by atoms with Gasteiger partial charge in [0.1, 0.15) is 0 Å². The van der Waals surface area contributed by atoms with Gasteiger partial charge in [0.25, 0.3) is 0 Å². The van der Waals surface area contributed by atoms with E-state index in [2.05, 4.69) is 15.5 Å². The summed E-state index contributed by atoms with van der Waals surface area (Å²) in [4.78, 5) is 27.4. The zero-order chi connectivity index (χ0) is 23.0. The summed E-state index contributed by atoms with van der Waals surface area (Å²) in [5, 5.41) is 7.19. The first-order chi connectivity index (χ1) is 16.1. The monoisotopic (exact) mass is 467 g/mol. The highest BCUT2D eigenvalue weighted by Gasteiger charge is 2.28. The minimum atomic E-state index is -0.00124. The number of piperidine rings is 1. The molecular formula is C27H34ClN3O2. The van der Waals surface area contributed by atoms with Crippen molar-refractivity contribution in [3.8, 4) is 0 Å². The Kier molecular flexibility index (Phi) is 8.40. The molecule has 1 heterocycles. The fraction of sp³-hybridized carbons (Fsp3) is 0.481. The second-order valence-corrected chi connectivity index (χ2v) is 9.81. The standard InChI is InChI=1S/C27H34ClN3O2/c28-23-11-9-21(10-12-23)25(30-27(33)22-7-4-8-22)15-18-31-16-13-24(14-17-31)29-26(32)19-20-5-2-1-3-6-20/h1-3,5-6,9-12,22,24-25H,4,7-8,13-19H2,(H,29,32)(H,30,33). The number of nitrogens with one attached hydrogen (secondary N) is 2. The summed E-state index contributed by atoms with van der Waals surface area (Å²) in [5.41, 5.74) is 2.15. The van der Waals surface area contributed by atoms with Crippen molar-refractivity contribution >= 4 is 23.4 Å². The minimum absolute atomic E-state index is 0.00124. The van der Waals surface area contributed by atoms with Crippen LogP contribution in [0.2, 0.25) is 5.02 Å². The third kappa shape index (κ3) is 7.05. The van der Waals surface area contributed by atoms with Gasteiger partial charge in [-0.3, -0.25) is 9.59 Å². The molecule has 4 rings (SSSR count). The SMILES string of the molecule is O=C(Cc1ccccc1)NC1CCN(CCC(NC(=O)C2CCC2)c2ccc(Cl)cc2)CC1. The number of nitrogens with zero attached hydrogens (tertiary/aromatic N) is 1. The van der Waals surface area contributed by atoms with Gasteiger partial charge in [0.2, 0.25) is 11.8 Å². The molecule has 1 aliphatic heterocycles. The predicted octanol–water partition coefficient (Wildman–Crippen LogP) is 4.51. The van der Waals surface area contributed by atoms with E-state index in [4.69, 9.17) is 11.6 Å². The Bertz CT molecular complexity index is 907. The molecule has 2 aromatic rings. The third-order valence-electron chi connectivity index (χ3n) is 6.96. The van der Waals surface area contributed by atoms with Crippen LogP contribution in [0.5, 0.6) is 0 Å². The summed E-state index contributed by atoms with van der Waals surface area (Å²) in [6, 6.07) is 17.9. The summed E-state index contributed by atoms with van der Waals surface area (Å²) in [5.74, 6) is 0.456. The molecule has 1 atom stereocenters. The molecule has 0 bridgehead atoms. The lowest BCUT2D eigenvalue weighted by Gasteiger charge is -2.34. The van der Waals surface area contributed by atoms with Crippen LogP contribution in [-0.4, -0.2) is 42.4 Å². The van der Waals surface area contributed by atoms with E-state index in [0.717, 1.165) is 69.3 Å². The lowest BCUT2D eigenvalue weighted by atomic mass is 9.84. The molecule has 33 heavy (non-hydrogen) atoms.